The highest BCUT2D eigenvalue weighted by Crippen LogP contribution is 2.49. The van der Waals surface area contributed by atoms with E-state index in [0.29, 0.717) is 0 Å². The molecule has 0 saturated carbocycles. The molecule has 1 aliphatic rings. The second-order valence-corrected chi connectivity index (χ2v) is 8.76. The Labute approximate surface area is 182 Å². The molecule has 3 aromatic rings. The minimum absolute atomic E-state index is 0.282. The van der Waals surface area contributed by atoms with Crippen LogP contribution >= 0.6 is 0 Å². The van der Waals surface area contributed by atoms with Gasteiger partial charge in [-0.1, -0.05) is 121 Å². The summed E-state index contributed by atoms with van der Waals surface area (Å²) < 4.78 is 0. The molecular formula is C30H32. The van der Waals surface area contributed by atoms with Crippen molar-refractivity contribution in [1.29, 1.82) is 0 Å². The molecule has 0 saturated heterocycles. The van der Waals surface area contributed by atoms with Crippen LogP contribution in [0.5, 0.6) is 0 Å². The summed E-state index contributed by atoms with van der Waals surface area (Å²) in [5.41, 5.74) is 10.7. The van der Waals surface area contributed by atoms with Crippen molar-refractivity contribution < 1.29 is 0 Å². The van der Waals surface area contributed by atoms with Gasteiger partial charge in [0, 0.05) is 0 Å². The van der Waals surface area contributed by atoms with Crippen LogP contribution in [0.1, 0.15) is 59.6 Å². The molecule has 0 N–H and O–H groups in total. The van der Waals surface area contributed by atoms with Gasteiger partial charge in [0.05, 0.1) is 5.41 Å². The van der Waals surface area contributed by atoms with Crippen LogP contribution in [0.15, 0.2) is 96.1 Å². The number of hydrogen-bond acceptors (Lipinski definition) is 0. The van der Waals surface area contributed by atoms with Crippen LogP contribution in [-0.2, 0) is 5.41 Å². The average Bonchev–Trinajstić information content (AvgIpc) is 3.18. The molecule has 0 unspecified atom stereocenters. The lowest BCUT2D eigenvalue weighted by atomic mass is 9.63. The second kappa shape index (κ2) is 8.48. The maximum atomic E-state index is 2.48. The summed E-state index contributed by atoms with van der Waals surface area (Å²) in [5.74, 6) is 0. The first-order valence-corrected chi connectivity index (χ1v) is 11.2. The summed E-state index contributed by atoms with van der Waals surface area (Å²) in [6, 6.07) is 27.3. The number of benzene rings is 3. The van der Waals surface area contributed by atoms with E-state index in [4.69, 9.17) is 0 Å². The quantitative estimate of drug-likeness (QED) is 0.373. The Morgan fingerprint density at radius 2 is 1.17 bits per heavy atom. The topological polar surface area (TPSA) is 0 Å². The molecule has 3 aromatic carbocycles. The van der Waals surface area contributed by atoms with Gasteiger partial charge in [-0.05, 0) is 55.9 Å². The van der Waals surface area contributed by atoms with Crippen LogP contribution in [0.25, 0.3) is 0 Å². The second-order valence-electron chi connectivity index (χ2n) is 8.76. The zero-order valence-corrected chi connectivity index (χ0v) is 18.7. The van der Waals surface area contributed by atoms with Crippen LogP contribution in [0, 0.1) is 20.8 Å². The van der Waals surface area contributed by atoms with Crippen molar-refractivity contribution in [2.24, 2.45) is 0 Å². The number of allylic oxidation sites excluding steroid dienone is 4. The van der Waals surface area contributed by atoms with Crippen LogP contribution < -0.4 is 0 Å². The standard InChI is InChI=1S/C30H32/c1-5-9-25-16-17-29(21-25)30(26-13-6-10-22(2)18-26,27-14-7-11-23(3)19-27)28-15-8-12-24(4)20-28/h6-8,10-16,18-21H,5,9,17H2,1-4H3. The van der Waals surface area contributed by atoms with Crippen molar-refractivity contribution in [3.63, 3.8) is 0 Å². The number of hydrogen-bond donors (Lipinski definition) is 0. The third-order valence-electron chi connectivity index (χ3n) is 6.32. The molecule has 0 heterocycles. The molecule has 0 spiro atoms. The van der Waals surface area contributed by atoms with E-state index < -0.39 is 0 Å². The van der Waals surface area contributed by atoms with E-state index in [2.05, 4.69) is 113 Å². The molecule has 0 bridgehead atoms. The Hall–Kier alpha value is -2.86. The molecule has 0 aliphatic heterocycles. The fourth-order valence-corrected chi connectivity index (χ4v) is 5.00. The van der Waals surface area contributed by atoms with Gasteiger partial charge in [-0.2, -0.15) is 0 Å². The van der Waals surface area contributed by atoms with Gasteiger partial charge in [0.1, 0.15) is 0 Å². The van der Waals surface area contributed by atoms with E-state index in [1.807, 2.05) is 0 Å². The first-order chi connectivity index (χ1) is 14.5. The fourth-order valence-electron chi connectivity index (χ4n) is 5.00. The molecule has 152 valence electrons. The summed E-state index contributed by atoms with van der Waals surface area (Å²) >= 11 is 0. The van der Waals surface area contributed by atoms with Crippen molar-refractivity contribution in [1.82, 2.24) is 0 Å². The molecule has 0 atom stereocenters. The molecule has 0 aromatic heterocycles. The molecular weight excluding hydrogens is 360 g/mol. The average molecular weight is 393 g/mol. The van der Waals surface area contributed by atoms with Gasteiger partial charge < -0.3 is 0 Å². The minimum atomic E-state index is -0.282. The maximum Gasteiger partial charge on any atom is 0.0667 e. The molecule has 0 nitrogen and oxygen atoms in total. The van der Waals surface area contributed by atoms with Gasteiger partial charge in [-0.25, -0.2) is 0 Å². The Kier molecular flexibility index (Phi) is 5.77. The molecule has 30 heavy (non-hydrogen) atoms. The highest BCUT2D eigenvalue weighted by molar-refractivity contribution is 5.62. The largest absolute Gasteiger partial charge is 0.0772 e. The lowest BCUT2D eigenvalue weighted by Crippen LogP contribution is -2.32. The highest BCUT2D eigenvalue weighted by atomic mass is 14.4. The summed E-state index contributed by atoms with van der Waals surface area (Å²) in [5, 5.41) is 0. The molecule has 1 aliphatic carbocycles. The fraction of sp³-hybridized carbons (Fsp3) is 0.267. The molecule has 0 fully saturated rings. The van der Waals surface area contributed by atoms with E-state index in [9.17, 15) is 0 Å². The lowest BCUT2D eigenvalue weighted by Gasteiger charge is -2.38. The monoisotopic (exact) mass is 392 g/mol. The summed E-state index contributed by atoms with van der Waals surface area (Å²) in [6.07, 6.45) is 8.26. The highest BCUT2D eigenvalue weighted by Gasteiger charge is 2.40. The normalized spacial score (nSPS) is 13.9. The van der Waals surface area contributed by atoms with Gasteiger partial charge >= 0.3 is 0 Å². The van der Waals surface area contributed by atoms with Crippen LogP contribution in [0.3, 0.4) is 0 Å². The smallest absolute Gasteiger partial charge is 0.0667 e. The van der Waals surface area contributed by atoms with Gasteiger partial charge in [0.15, 0.2) is 0 Å². The maximum absolute atomic E-state index is 2.48. The predicted molar refractivity (Wildman–Crippen MR) is 129 cm³/mol. The van der Waals surface area contributed by atoms with E-state index in [1.165, 1.54) is 50.9 Å². The van der Waals surface area contributed by atoms with Crippen LogP contribution in [0.2, 0.25) is 0 Å². The van der Waals surface area contributed by atoms with Crippen molar-refractivity contribution >= 4 is 0 Å². The molecule has 0 heteroatoms. The van der Waals surface area contributed by atoms with Crippen LogP contribution in [-0.4, -0.2) is 0 Å². The van der Waals surface area contributed by atoms with E-state index in [-0.39, 0.29) is 5.41 Å². The molecule has 4 rings (SSSR count). The third-order valence-corrected chi connectivity index (χ3v) is 6.32. The molecule has 0 radical (unpaired) electrons. The zero-order chi connectivity index (χ0) is 21.1. The van der Waals surface area contributed by atoms with Gasteiger partial charge in [0.25, 0.3) is 0 Å². The van der Waals surface area contributed by atoms with Crippen LogP contribution in [0.4, 0.5) is 0 Å². The SMILES string of the molecule is CCCC1=CCC(C(c2cccc(C)c2)(c2cccc(C)c2)c2cccc(C)c2)=C1. The Morgan fingerprint density at radius 1 is 0.700 bits per heavy atom. The van der Waals surface area contributed by atoms with E-state index in [1.54, 1.807) is 0 Å². The lowest BCUT2D eigenvalue weighted by molar-refractivity contribution is 0.708. The number of rotatable bonds is 6. The Bertz CT molecular complexity index is 999. The van der Waals surface area contributed by atoms with Gasteiger partial charge in [-0.15, -0.1) is 0 Å². The predicted octanol–water partition coefficient (Wildman–Crippen LogP) is 8.00. The van der Waals surface area contributed by atoms with Crippen molar-refractivity contribution in [2.75, 3.05) is 0 Å². The van der Waals surface area contributed by atoms with Crippen molar-refractivity contribution in [3.8, 4) is 0 Å². The number of aryl methyl sites for hydroxylation is 3. The summed E-state index contributed by atoms with van der Waals surface area (Å²) in [4.78, 5) is 0. The van der Waals surface area contributed by atoms with Crippen molar-refractivity contribution in [3.05, 3.63) is 129 Å². The zero-order valence-electron chi connectivity index (χ0n) is 18.7. The summed E-state index contributed by atoms with van der Waals surface area (Å²) in [7, 11) is 0. The third kappa shape index (κ3) is 3.67. The molecule has 0 amide bonds. The Morgan fingerprint density at radius 3 is 1.57 bits per heavy atom. The van der Waals surface area contributed by atoms with E-state index in [0.717, 1.165) is 12.8 Å². The summed E-state index contributed by atoms with van der Waals surface area (Å²) in [6.45, 7) is 8.86. The van der Waals surface area contributed by atoms with Gasteiger partial charge in [0.2, 0.25) is 0 Å². The minimum Gasteiger partial charge on any atom is -0.0772 e. The Balaban J connectivity index is 2.07. The van der Waals surface area contributed by atoms with Gasteiger partial charge in [-0.3, -0.25) is 0 Å². The first kappa shape index (κ1) is 20.4. The van der Waals surface area contributed by atoms with Crippen molar-refractivity contribution in [2.45, 2.75) is 52.4 Å². The first-order valence-electron chi connectivity index (χ1n) is 11.2. The van der Waals surface area contributed by atoms with E-state index >= 15 is 0 Å².